The largest absolute Gasteiger partial charge is 0.480 e. The van der Waals surface area contributed by atoms with Gasteiger partial charge in [-0.1, -0.05) is 55.5 Å². The average molecular weight is 455 g/mol. The minimum atomic E-state index is -1.16. The summed E-state index contributed by atoms with van der Waals surface area (Å²) in [4.78, 5) is 35.7. The quantitative estimate of drug-likeness (QED) is 0.480. The third-order valence-electron chi connectivity index (χ3n) is 5.84. The number of fused-ring (bicyclic) bond motifs is 3. The number of aliphatic carboxylic acids is 1. The molecule has 1 aliphatic rings. The minimum absolute atomic E-state index is 0.0252. The first kappa shape index (κ1) is 24.3. The predicted molar refractivity (Wildman–Crippen MR) is 123 cm³/mol. The Morgan fingerprint density at radius 2 is 1.61 bits per heavy atom. The van der Waals surface area contributed by atoms with Gasteiger partial charge in [0.25, 0.3) is 0 Å². The van der Waals surface area contributed by atoms with E-state index in [9.17, 15) is 14.4 Å². The van der Waals surface area contributed by atoms with Crippen LogP contribution in [-0.4, -0.2) is 55.5 Å². The first-order chi connectivity index (χ1) is 15.9. The Morgan fingerprint density at radius 1 is 1.00 bits per heavy atom. The fourth-order valence-corrected chi connectivity index (χ4v) is 4.10. The number of rotatable bonds is 11. The Labute approximate surface area is 193 Å². The molecule has 0 aliphatic heterocycles. The molecule has 0 fully saturated rings. The van der Waals surface area contributed by atoms with Gasteiger partial charge < -0.3 is 25.2 Å². The second-order valence-corrected chi connectivity index (χ2v) is 8.03. The molecule has 0 radical (unpaired) electrons. The normalized spacial score (nSPS) is 14.0. The molecule has 0 aromatic heterocycles. The van der Waals surface area contributed by atoms with Crippen molar-refractivity contribution in [2.45, 2.75) is 44.2 Å². The highest BCUT2D eigenvalue weighted by Gasteiger charge is 2.29. The summed E-state index contributed by atoms with van der Waals surface area (Å²) in [5.74, 6) is -1.59. The van der Waals surface area contributed by atoms with Gasteiger partial charge in [-0.2, -0.15) is 0 Å². The van der Waals surface area contributed by atoms with Crippen LogP contribution in [0.2, 0.25) is 0 Å². The number of methoxy groups -OCH3 is 1. The molecular formula is C25H30N2O6. The molecule has 1 unspecified atom stereocenters. The molecule has 176 valence electrons. The maximum atomic E-state index is 12.5. The second kappa shape index (κ2) is 11.5. The van der Waals surface area contributed by atoms with E-state index in [1.54, 1.807) is 0 Å². The van der Waals surface area contributed by atoms with Crippen molar-refractivity contribution < 1.29 is 29.0 Å². The van der Waals surface area contributed by atoms with Crippen LogP contribution in [0.1, 0.15) is 43.2 Å². The van der Waals surface area contributed by atoms with Gasteiger partial charge in [-0.05, 0) is 35.1 Å². The van der Waals surface area contributed by atoms with Crippen LogP contribution in [0, 0.1) is 0 Å². The number of carboxylic acid groups (broad SMARTS) is 1. The summed E-state index contributed by atoms with van der Waals surface area (Å²) >= 11 is 0. The summed E-state index contributed by atoms with van der Waals surface area (Å²) in [6.07, 6.45) is 0.520. The number of ether oxygens (including phenoxy) is 2. The Balaban J connectivity index is 1.51. The lowest BCUT2D eigenvalue weighted by molar-refractivity contribution is -0.143. The Bertz CT molecular complexity index is 947. The summed E-state index contributed by atoms with van der Waals surface area (Å²) < 4.78 is 10.4. The number of nitrogens with one attached hydrogen (secondary N) is 2. The van der Waals surface area contributed by atoms with Gasteiger partial charge in [-0.25, -0.2) is 9.59 Å². The van der Waals surface area contributed by atoms with Gasteiger partial charge in [-0.3, -0.25) is 4.79 Å². The van der Waals surface area contributed by atoms with Gasteiger partial charge in [0, 0.05) is 25.5 Å². The molecule has 8 nitrogen and oxygen atoms in total. The molecule has 2 aromatic carbocycles. The zero-order valence-electron chi connectivity index (χ0n) is 18.9. The van der Waals surface area contributed by atoms with E-state index in [2.05, 4.69) is 34.9 Å². The highest BCUT2D eigenvalue weighted by Crippen LogP contribution is 2.44. The summed E-state index contributed by atoms with van der Waals surface area (Å²) in [6, 6.07) is 14.9. The smallest absolute Gasteiger partial charge is 0.407 e. The van der Waals surface area contributed by atoms with E-state index in [1.807, 2.05) is 31.2 Å². The molecule has 2 aromatic rings. The number of carboxylic acids is 1. The van der Waals surface area contributed by atoms with Crippen molar-refractivity contribution in [3.8, 4) is 11.1 Å². The van der Waals surface area contributed by atoms with Crippen molar-refractivity contribution in [1.29, 1.82) is 0 Å². The van der Waals surface area contributed by atoms with Gasteiger partial charge in [0.2, 0.25) is 5.91 Å². The van der Waals surface area contributed by atoms with Gasteiger partial charge in [0.05, 0.1) is 6.61 Å². The predicted octanol–water partition coefficient (Wildman–Crippen LogP) is 3.30. The summed E-state index contributed by atoms with van der Waals surface area (Å²) in [5, 5.41) is 14.3. The standard InChI is InChI=1S/C25H30N2O6/c1-3-16(12-13-23(28)27-22(15-32-2)24(29)30)26-25(31)33-14-21-19-10-6-4-8-17(19)18-9-5-7-11-20(18)21/h4-11,16,21-22H,3,12-15H2,1-2H3,(H,26,31)(H,27,28)(H,29,30)/t16?,22-/m0/s1. The van der Waals surface area contributed by atoms with Crippen molar-refractivity contribution in [3.05, 3.63) is 59.7 Å². The Hall–Kier alpha value is -3.39. The molecule has 3 N–H and O–H groups in total. The van der Waals surface area contributed by atoms with Crippen molar-refractivity contribution in [3.63, 3.8) is 0 Å². The average Bonchev–Trinajstić information content (AvgIpc) is 3.13. The zero-order chi connectivity index (χ0) is 23.8. The lowest BCUT2D eigenvalue weighted by Gasteiger charge is -2.19. The van der Waals surface area contributed by atoms with Crippen LogP contribution in [0.15, 0.2) is 48.5 Å². The van der Waals surface area contributed by atoms with Crippen molar-refractivity contribution in [2.75, 3.05) is 20.3 Å². The fourth-order valence-electron chi connectivity index (χ4n) is 4.10. The van der Waals surface area contributed by atoms with Crippen LogP contribution in [-0.2, 0) is 19.1 Å². The number of carbonyl (C=O) groups is 3. The van der Waals surface area contributed by atoms with E-state index < -0.39 is 24.0 Å². The minimum Gasteiger partial charge on any atom is -0.480 e. The van der Waals surface area contributed by atoms with Crippen LogP contribution in [0.4, 0.5) is 4.79 Å². The summed E-state index contributed by atoms with van der Waals surface area (Å²) in [5.41, 5.74) is 4.60. The highest BCUT2D eigenvalue weighted by atomic mass is 16.5. The number of alkyl carbamates (subject to hydrolysis) is 1. The SMILES string of the molecule is CCC(CCC(=O)N[C@@H](COC)C(=O)O)NC(=O)OCC1c2ccccc2-c2ccccc21. The first-order valence-electron chi connectivity index (χ1n) is 11.1. The van der Waals surface area contributed by atoms with Gasteiger partial charge in [0.1, 0.15) is 6.61 Å². The molecule has 1 aliphatic carbocycles. The summed E-state index contributed by atoms with van der Waals surface area (Å²) in [6.45, 7) is 2.00. The van der Waals surface area contributed by atoms with Crippen LogP contribution in [0.5, 0.6) is 0 Å². The van der Waals surface area contributed by atoms with E-state index in [4.69, 9.17) is 14.6 Å². The van der Waals surface area contributed by atoms with Crippen LogP contribution in [0.25, 0.3) is 11.1 Å². The molecule has 0 bridgehead atoms. The maximum absolute atomic E-state index is 12.5. The molecule has 33 heavy (non-hydrogen) atoms. The van der Waals surface area contributed by atoms with Crippen molar-refractivity contribution >= 4 is 18.0 Å². The van der Waals surface area contributed by atoms with Crippen molar-refractivity contribution in [2.24, 2.45) is 0 Å². The number of hydrogen-bond donors (Lipinski definition) is 3. The zero-order valence-corrected chi connectivity index (χ0v) is 18.9. The Kier molecular flexibility index (Phi) is 8.43. The number of amides is 2. The Morgan fingerprint density at radius 3 is 2.15 bits per heavy atom. The van der Waals surface area contributed by atoms with Gasteiger partial charge in [-0.15, -0.1) is 0 Å². The van der Waals surface area contributed by atoms with Crippen molar-refractivity contribution in [1.82, 2.24) is 10.6 Å². The van der Waals surface area contributed by atoms with E-state index in [0.29, 0.717) is 12.8 Å². The van der Waals surface area contributed by atoms with E-state index in [-0.39, 0.29) is 31.6 Å². The second-order valence-electron chi connectivity index (χ2n) is 8.03. The molecule has 0 spiro atoms. The topological polar surface area (TPSA) is 114 Å². The molecule has 0 saturated heterocycles. The lowest BCUT2D eigenvalue weighted by atomic mass is 9.98. The first-order valence-corrected chi connectivity index (χ1v) is 11.1. The highest BCUT2D eigenvalue weighted by molar-refractivity contribution is 5.83. The van der Waals surface area contributed by atoms with Crippen LogP contribution < -0.4 is 10.6 Å². The van der Waals surface area contributed by atoms with E-state index in [0.717, 1.165) is 22.3 Å². The van der Waals surface area contributed by atoms with E-state index >= 15 is 0 Å². The maximum Gasteiger partial charge on any atom is 0.407 e. The van der Waals surface area contributed by atoms with Gasteiger partial charge in [0.15, 0.2) is 6.04 Å². The molecule has 3 rings (SSSR count). The molecule has 0 saturated carbocycles. The van der Waals surface area contributed by atoms with E-state index in [1.165, 1.54) is 7.11 Å². The molecule has 2 atom stereocenters. The third-order valence-corrected chi connectivity index (χ3v) is 5.84. The monoisotopic (exact) mass is 454 g/mol. The third kappa shape index (κ3) is 6.10. The number of benzene rings is 2. The summed E-state index contributed by atoms with van der Waals surface area (Å²) in [7, 11) is 1.37. The van der Waals surface area contributed by atoms with Crippen LogP contribution >= 0.6 is 0 Å². The fraction of sp³-hybridized carbons (Fsp3) is 0.400. The molecule has 0 heterocycles. The number of carbonyl (C=O) groups excluding carboxylic acids is 2. The lowest BCUT2D eigenvalue weighted by Crippen LogP contribution is -2.44. The number of hydrogen-bond acceptors (Lipinski definition) is 5. The molecule has 2 amide bonds. The molecular weight excluding hydrogens is 424 g/mol. The van der Waals surface area contributed by atoms with Crippen LogP contribution in [0.3, 0.4) is 0 Å². The van der Waals surface area contributed by atoms with Gasteiger partial charge >= 0.3 is 12.1 Å². The molecule has 8 heteroatoms.